The van der Waals surface area contributed by atoms with E-state index in [2.05, 4.69) is 10.2 Å². The molecule has 2 atom stereocenters. The van der Waals surface area contributed by atoms with Crippen molar-refractivity contribution < 1.29 is 9.53 Å². The first kappa shape index (κ1) is 16.4. The van der Waals surface area contributed by atoms with Crippen LogP contribution in [0.2, 0.25) is 0 Å². The molecular formula is C18H27N3O2. The van der Waals surface area contributed by atoms with Gasteiger partial charge in [0, 0.05) is 45.3 Å². The third-order valence-electron chi connectivity index (χ3n) is 4.83. The molecule has 0 aromatic heterocycles. The number of amides is 1. The van der Waals surface area contributed by atoms with Crippen molar-refractivity contribution >= 4 is 5.91 Å². The Morgan fingerprint density at radius 2 is 2.00 bits per heavy atom. The van der Waals surface area contributed by atoms with Crippen LogP contribution in [0.3, 0.4) is 0 Å². The molecule has 0 aliphatic carbocycles. The van der Waals surface area contributed by atoms with Crippen LogP contribution >= 0.6 is 0 Å². The van der Waals surface area contributed by atoms with Crippen LogP contribution in [0.15, 0.2) is 30.3 Å². The minimum Gasteiger partial charge on any atom is -0.364 e. The summed E-state index contributed by atoms with van der Waals surface area (Å²) in [5.74, 6) is 0.124. The Morgan fingerprint density at radius 1 is 1.26 bits per heavy atom. The highest BCUT2D eigenvalue weighted by Gasteiger charge is 2.32. The van der Waals surface area contributed by atoms with Crippen molar-refractivity contribution in [3.8, 4) is 0 Å². The van der Waals surface area contributed by atoms with E-state index in [0.717, 1.165) is 51.3 Å². The number of ether oxygens (including phenoxy) is 1. The van der Waals surface area contributed by atoms with Gasteiger partial charge in [0.15, 0.2) is 0 Å². The van der Waals surface area contributed by atoms with E-state index in [-0.39, 0.29) is 12.0 Å². The second kappa shape index (κ2) is 7.90. The van der Waals surface area contributed by atoms with Crippen molar-refractivity contribution in [2.24, 2.45) is 0 Å². The molecule has 3 rings (SSSR count). The number of carbonyl (C=O) groups excluding carboxylic acids is 1. The van der Waals surface area contributed by atoms with Crippen LogP contribution in [-0.4, -0.2) is 67.1 Å². The van der Waals surface area contributed by atoms with Gasteiger partial charge < -0.3 is 15.0 Å². The summed E-state index contributed by atoms with van der Waals surface area (Å²) in [6.07, 6.45) is 0.703. The fourth-order valence-corrected chi connectivity index (χ4v) is 3.41. The van der Waals surface area contributed by atoms with Gasteiger partial charge in [-0.3, -0.25) is 9.69 Å². The molecule has 126 valence electrons. The van der Waals surface area contributed by atoms with Gasteiger partial charge in [-0.25, -0.2) is 0 Å². The number of piperazine rings is 1. The quantitative estimate of drug-likeness (QED) is 0.883. The van der Waals surface area contributed by atoms with Crippen LogP contribution in [0, 0.1) is 0 Å². The highest BCUT2D eigenvalue weighted by Crippen LogP contribution is 2.18. The van der Waals surface area contributed by atoms with Gasteiger partial charge in [0.1, 0.15) is 6.10 Å². The monoisotopic (exact) mass is 317 g/mol. The first-order valence-electron chi connectivity index (χ1n) is 8.63. The van der Waals surface area contributed by atoms with Crippen LogP contribution in [-0.2, 0) is 16.1 Å². The molecule has 0 bridgehead atoms. The lowest BCUT2D eigenvalue weighted by molar-refractivity contribution is -0.142. The summed E-state index contributed by atoms with van der Waals surface area (Å²) in [7, 11) is 0. The van der Waals surface area contributed by atoms with Gasteiger partial charge in [-0.1, -0.05) is 30.3 Å². The molecule has 5 heteroatoms. The average Bonchev–Trinajstić information content (AvgIpc) is 3.11. The molecule has 1 aromatic carbocycles. The number of hydrogen-bond acceptors (Lipinski definition) is 4. The number of rotatable bonds is 5. The number of carbonyl (C=O) groups is 1. The van der Waals surface area contributed by atoms with Crippen molar-refractivity contribution in [2.45, 2.75) is 32.1 Å². The van der Waals surface area contributed by atoms with E-state index in [1.54, 1.807) is 0 Å². The molecule has 1 amide bonds. The van der Waals surface area contributed by atoms with Crippen LogP contribution in [0.4, 0.5) is 0 Å². The van der Waals surface area contributed by atoms with Crippen LogP contribution in [0.1, 0.15) is 18.9 Å². The topological polar surface area (TPSA) is 44.8 Å². The Bertz CT molecular complexity index is 502. The Hall–Kier alpha value is -1.43. The largest absolute Gasteiger partial charge is 0.364 e. The molecule has 2 aliphatic rings. The van der Waals surface area contributed by atoms with E-state index >= 15 is 0 Å². The van der Waals surface area contributed by atoms with E-state index in [1.807, 2.05) is 42.2 Å². The third-order valence-corrected chi connectivity index (χ3v) is 4.83. The van der Waals surface area contributed by atoms with E-state index in [1.165, 1.54) is 0 Å². The maximum absolute atomic E-state index is 12.6. The second-order valence-corrected chi connectivity index (χ2v) is 6.45. The fourth-order valence-electron chi connectivity index (χ4n) is 3.41. The molecule has 23 heavy (non-hydrogen) atoms. The summed E-state index contributed by atoms with van der Waals surface area (Å²) >= 11 is 0. The third kappa shape index (κ3) is 4.31. The normalized spacial score (nSPS) is 23.9. The van der Waals surface area contributed by atoms with Gasteiger partial charge in [0.05, 0.1) is 6.61 Å². The summed E-state index contributed by atoms with van der Waals surface area (Å²) in [4.78, 5) is 17.1. The van der Waals surface area contributed by atoms with Crippen molar-refractivity contribution in [1.82, 2.24) is 15.1 Å². The lowest BCUT2D eigenvalue weighted by atomic mass is 10.2. The second-order valence-electron chi connectivity index (χ2n) is 6.45. The number of nitrogens with zero attached hydrogens (tertiary/aromatic N) is 2. The molecule has 0 spiro atoms. The Morgan fingerprint density at radius 3 is 2.74 bits per heavy atom. The molecule has 2 heterocycles. The van der Waals surface area contributed by atoms with Crippen LogP contribution in [0.25, 0.3) is 0 Å². The highest BCUT2D eigenvalue weighted by molar-refractivity contribution is 5.80. The Balaban J connectivity index is 1.46. The van der Waals surface area contributed by atoms with Crippen LogP contribution in [0.5, 0.6) is 0 Å². The SMILES string of the molecule is CC(OCc1ccccc1)C(=O)N1CCC(N2CCNCC2)C1. The summed E-state index contributed by atoms with van der Waals surface area (Å²) in [5, 5.41) is 3.38. The van der Waals surface area contributed by atoms with Gasteiger partial charge in [-0.15, -0.1) is 0 Å². The molecule has 1 N–H and O–H groups in total. The molecule has 2 unspecified atom stereocenters. The first-order chi connectivity index (χ1) is 11.2. The van der Waals surface area contributed by atoms with Gasteiger partial charge in [-0.2, -0.15) is 0 Å². The fraction of sp³-hybridized carbons (Fsp3) is 0.611. The molecule has 2 fully saturated rings. The van der Waals surface area contributed by atoms with Crippen LogP contribution < -0.4 is 5.32 Å². The van der Waals surface area contributed by atoms with E-state index in [4.69, 9.17) is 4.74 Å². The number of hydrogen-bond donors (Lipinski definition) is 1. The standard InChI is InChI=1S/C18H27N3O2/c1-15(23-14-16-5-3-2-4-6-16)18(22)21-10-7-17(13-21)20-11-8-19-9-12-20/h2-6,15,17,19H,7-14H2,1H3. The van der Waals surface area contributed by atoms with Gasteiger partial charge in [0.25, 0.3) is 5.91 Å². The highest BCUT2D eigenvalue weighted by atomic mass is 16.5. The zero-order chi connectivity index (χ0) is 16.1. The lowest BCUT2D eigenvalue weighted by Crippen LogP contribution is -2.49. The van der Waals surface area contributed by atoms with Crippen molar-refractivity contribution in [3.05, 3.63) is 35.9 Å². The molecule has 2 aliphatic heterocycles. The smallest absolute Gasteiger partial charge is 0.251 e. The molecule has 0 radical (unpaired) electrons. The maximum atomic E-state index is 12.6. The maximum Gasteiger partial charge on any atom is 0.251 e. The van der Waals surface area contributed by atoms with Crippen molar-refractivity contribution in [1.29, 1.82) is 0 Å². The molecule has 1 aromatic rings. The average molecular weight is 317 g/mol. The molecular weight excluding hydrogens is 290 g/mol. The summed E-state index contributed by atoms with van der Waals surface area (Å²) in [6.45, 7) is 8.35. The zero-order valence-electron chi connectivity index (χ0n) is 13.9. The number of likely N-dealkylation sites (tertiary alicyclic amines) is 1. The molecule has 0 saturated carbocycles. The predicted octanol–water partition coefficient (Wildman–Crippen LogP) is 1.10. The summed E-state index contributed by atoms with van der Waals surface area (Å²) in [5.41, 5.74) is 1.10. The van der Waals surface area contributed by atoms with E-state index in [0.29, 0.717) is 12.6 Å². The summed E-state index contributed by atoms with van der Waals surface area (Å²) < 4.78 is 5.77. The Kier molecular flexibility index (Phi) is 5.65. The summed E-state index contributed by atoms with van der Waals surface area (Å²) in [6, 6.07) is 10.5. The van der Waals surface area contributed by atoms with Gasteiger partial charge in [-0.05, 0) is 18.9 Å². The lowest BCUT2D eigenvalue weighted by Gasteiger charge is -2.32. The van der Waals surface area contributed by atoms with E-state index in [9.17, 15) is 4.79 Å². The number of nitrogens with one attached hydrogen (secondary N) is 1. The zero-order valence-corrected chi connectivity index (χ0v) is 13.9. The number of benzene rings is 1. The van der Waals surface area contributed by atoms with Gasteiger partial charge in [0.2, 0.25) is 0 Å². The van der Waals surface area contributed by atoms with Gasteiger partial charge >= 0.3 is 0 Å². The van der Waals surface area contributed by atoms with Crippen molar-refractivity contribution in [2.75, 3.05) is 39.3 Å². The van der Waals surface area contributed by atoms with Crippen molar-refractivity contribution in [3.63, 3.8) is 0 Å². The van der Waals surface area contributed by atoms with E-state index < -0.39 is 0 Å². The predicted molar refractivity (Wildman–Crippen MR) is 90.1 cm³/mol. The minimum absolute atomic E-state index is 0.124. The minimum atomic E-state index is -0.378. The molecule has 2 saturated heterocycles. The first-order valence-corrected chi connectivity index (χ1v) is 8.63. The Labute approximate surface area is 138 Å². The molecule has 5 nitrogen and oxygen atoms in total.